The van der Waals surface area contributed by atoms with Crippen LogP contribution in [0.5, 0.6) is 23.0 Å². The highest BCUT2D eigenvalue weighted by atomic mass is 16.5. The number of Topliss-reactive ketones (excluding diaryl/α,β-unsaturated/α-hetero) is 1. The Hall–Kier alpha value is -4.00. The number of hydrogen-bond donors (Lipinski definition) is 0. The zero-order chi connectivity index (χ0) is 20.4. The number of carbonyl (C=O) groups excluding carboxylic acids is 2. The number of esters is 1. The predicted molar refractivity (Wildman–Crippen MR) is 103 cm³/mol. The summed E-state index contributed by atoms with van der Waals surface area (Å²) in [5.41, 5.74) is 1.04. The molecule has 0 amide bonds. The molecule has 3 aromatic rings. The van der Waals surface area contributed by atoms with Gasteiger partial charge in [0.15, 0.2) is 5.76 Å². The molecule has 4 rings (SSSR count). The Bertz CT molecular complexity index is 1110. The minimum Gasteiger partial charge on any atom is -0.497 e. The van der Waals surface area contributed by atoms with Gasteiger partial charge in [-0.3, -0.25) is 4.79 Å². The van der Waals surface area contributed by atoms with Gasteiger partial charge in [0.1, 0.15) is 23.0 Å². The van der Waals surface area contributed by atoms with Crippen molar-refractivity contribution in [1.82, 2.24) is 0 Å². The van der Waals surface area contributed by atoms with Crippen LogP contribution >= 0.6 is 0 Å². The lowest BCUT2D eigenvalue weighted by Gasteiger charge is -2.08. The van der Waals surface area contributed by atoms with Gasteiger partial charge in [-0.15, -0.1) is 0 Å². The highest BCUT2D eigenvalue weighted by molar-refractivity contribution is 6.14. The summed E-state index contributed by atoms with van der Waals surface area (Å²) < 4.78 is 26.5. The van der Waals surface area contributed by atoms with Gasteiger partial charge in [-0.2, -0.15) is 0 Å². The number of methoxy groups -OCH3 is 2. The van der Waals surface area contributed by atoms with Crippen LogP contribution < -0.4 is 18.9 Å². The van der Waals surface area contributed by atoms with E-state index in [2.05, 4.69) is 0 Å². The van der Waals surface area contributed by atoms with Crippen molar-refractivity contribution in [3.63, 3.8) is 0 Å². The fourth-order valence-electron chi connectivity index (χ4n) is 2.86. The third-order valence-corrected chi connectivity index (χ3v) is 4.30. The van der Waals surface area contributed by atoms with Crippen LogP contribution in [0.25, 0.3) is 6.08 Å². The van der Waals surface area contributed by atoms with E-state index >= 15 is 0 Å². The predicted octanol–water partition coefficient (Wildman–Crippen LogP) is 4.13. The summed E-state index contributed by atoms with van der Waals surface area (Å²) in [6.45, 7) is 0. The molecule has 0 saturated heterocycles. The number of rotatable bonds is 5. The first-order valence-corrected chi connectivity index (χ1v) is 8.65. The summed E-state index contributed by atoms with van der Waals surface area (Å²) in [5.74, 6) is 1.01. The zero-order valence-corrected chi connectivity index (χ0v) is 15.6. The topological polar surface area (TPSA) is 84.2 Å². The van der Waals surface area contributed by atoms with Gasteiger partial charge >= 0.3 is 5.97 Å². The van der Waals surface area contributed by atoms with Crippen LogP contribution in [0, 0.1) is 0 Å². The minimum absolute atomic E-state index is 0.0784. The molecule has 0 unspecified atom stereocenters. The maximum atomic E-state index is 12.7. The molecule has 0 atom stereocenters. The molecule has 0 N–H and O–H groups in total. The van der Waals surface area contributed by atoms with Crippen LogP contribution in [0.15, 0.2) is 65.0 Å². The van der Waals surface area contributed by atoms with E-state index in [0.717, 1.165) is 0 Å². The highest BCUT2D eigenvalue weighted by Gasteiger charge is 2.28. The summed E-state index contributed by atoms with van der Waals surface area (Å²) in [7, 11) is 3.09. The van der Waals surface area contributed by atoms with Crippen molar-refractivity contribution in [1.29, 1.82) is 0 Å². The van der Waals surface area contributed by atoms with Gasteiger partial charge < -0.3 is 23.4 Å². The van der Waals surface area contributed by atoms with E-state index in [0.29, 0.717) is 28.4 Å². The largest absolute Gasteiger partial charge is 0.497 e. The summed E-state index contributed by atoms with van der Waals surface area (Å²) in [4.78, 5) is 24.7. The molecular formula is C22H16O7. The molecule has 0 aliphatic carbocycles. The van der Waals surface area contributed by atoms with Gasteiger partial charge in [-0.05, 0) is 42.5 Å². The number of fused-ring (bicyclic) bond motifs is 1. The zero-order valence-electron chi connectivity index (χ0n) is 15.6. The maximum Gasteiger partial charge on any atom is 0.379 e. The van der Waals surface area contributed by atoms with Crippen molar-refractivity contribution < 1.29 is 33.0 Å². The molecule has 29 heavy (non-hydrogen) atoms. The lowest BCUT2D eigenvalue weighted by molar-refractivity contribution is 0.0701. The van der Waals surface area contributed by atoms with E-state index < -0.39 is 5.97 Å². The average Bonchev–Trinajstić information content (AvgIpc) is 3.37. The number of carbonyl (C=O) groups is 2. The van der Waals surface area contributed by atoms with Crippen molar-refractivity contribution in [2.45, 2.75) is 0 Å². The van der Waals surface area contributed by atoms with E-state index in [1.807, 2.05) is 0 Å². The Balaban J connectivity index is 1.58. The molecule has 7 nitrogen and oxygen atoms in total. The Labute approximate surface area is 166 Å². The fourth-order valence-corrected chi connectivity index (χ4v) is 2.86. The van der Waals surface area contributed by atoms with E-state index in [9.17, 15) is 9.59 Å². The Morgan fingerprint density at radius 1 is 1.00 bits per heavy atom. The van der Waals surface area contributed by atoms with E-state index in [4.69, 9.17) is 23.4 Å². The van der Waals surface area contributed by atoms with Crippen LogP contribution in [0.4, 0.5) is 0 Å². The molecule has 0 radical (unpaired) electrons. The molecule has 1 aliphatic rings. The molecule has 2 heterocycles. The Morgan fingerprint density at radius 2 is 1.83 bits per heavy atom. The lowest BCUT2D eigenvalue weighted by atomic mass is 10.1. The van der Waals surface area contributed by atoms with E-state index in [1.165, 1.54) is 31.6 Å². The molecule has 1 aliphatic heterocycles. The maximum absolute atomic E-state index is 12.7. The van der Waals surface area contributed by atoms with E-state index in [-0.39, 0.29) is 23.1 Å². The first-order chi connectivity index (χ1) is 14.1. The Kier molecular flexibility index (Phi) is 4.78. The molecule has 2 aromatic carbocycles. The van der Waals surface area contributed by atoms with Crippen molar-refractivity contribution in [3.05, 3.63) is 77.4 Å². The normalized spacial score (nSPS) is 13.7. The van der Waals surface area contributed by atoms with Crippen molar-refractivity contribution in [2.75, 3.05) is 14.2 Å². The summed E-state index contributed by atoms with van der Waals surface area (Å²) in [6.07, 6.45) is 2.97. The summed E-state index contributed by atoms with van der Waals surface area (Å²) in [6, 6.07) is 12.9. The number of hydrogen-bond acceptors (Lipinski definition) is 7. The summed E-state index contributed by atoms with van der Waals surface area (Å²) in [5, 5.41) is 0. The van der Waals surface area contributed by atoms with Crippen molar-refractivity contribution in [2.24, 2.45) is 0 Å². The van der Waals surface area contributed by atoms with Gasteiger partial charge in [-0.1, -0.05) is 0 Å². The van der Waals surface area contributed by atoms with E-state index in [1.54, 1.807) is 43.5 Å². The number of ketones is 1. The summed E-state index contributed by atoms with van der Waals surface area (Å²) >= 11 is 0. The molecule has 7 heteroatoms. The number of benzene rings is 2. The SMILES string of the molecule is COc1ccc(C=C2Oc3cc(OC(=O)c4ccco4)ccc3C2=O)c(OC)c1. The number of allylic oxidation sites excluding steroid dienone is 1. The van der Waals surface area contributed by atoms with Gasteiger partial charge in [0.05, 0.1) is 26.0 Å². The van der Waals surface area contributed by atoms with Crippen LogP contribution in [0.3, 0.4) is 0 Å². The second-order valence-electron chi connectivity index (χ2n) is 6.07. The molecule has 146 valence electrons. The first kappa shape index (κ1) is 18.4. The van der Waals surface area contributed by atoms with Crippen molar-refractivity contribution >= 4 is 17.8 Å². The van der Waals surface area contributed by atoms with Crippen LogP contribution in [-0.4, -0.2) is 26.0 Å². The molecule has 1 aromatic heterocycles. The quantitative estimate of drug-likeness (QED) is 0.367. The van der Waals surface area contributed by atoms with Crippen LogP contribution in [-0.2, 0) is 0 Å². The second-order valence-corrected chi connectivity index (χ2v) is 6.07. The minimum atomic E-state index is -0.641. The highest BCUT2D eigenvalue weighted by Crippen LogP contribution is 2.36. The van der Waals surface area contributed by atoms with Crippen molar-refractivity contribution in [3.8, 4) is 23.0 Å². The Morgan fingerprint density at radius 3 is 2.55 bits per heavy atom. The number of ether oxygens (including phenoxy) is 4. The first-order valence-electron chi connectivity index (χ1n) is 8.65. The molecular weight excluding hydrogens is 376 g/mol. The van der Waals surface area contributed by atoms with Crippen LogP contribution in [0.2, 0.25) is 0 Å². The molecule has 0 bridgehead atoms. The standard InChI is InChI=1S/C22H16O7/c1-25-14-6-5-13(18(11-14)26-2)10-20-21(23)16-8-7-15(12-19(16)29-20)28-22(24)17-4-3-9-27-17/h3-12H,1-2H3. The average molecular weight is 392 g/mol. The van der Waals surface area contributed by atoms with Gasteiger partial charge in [-0.25, -0.2) is 4.79 Å². The van der Waals surface area contributed by atoms with Gasteiger partial charge in [0.25, 0.3) is 0 Å². The third kappa shape index (κ3) is 3.58. The monoisotopic (exact) mass is 392 g/mol. The second kappa shape index (κ2) is 7.55. The number of furan rings is 1. The molecule has 0 saturated carbocycles. The third-order valence-electron chi connectivity index (χ3n) is 4.30. The smallest absolute Gasteiger partial charge is 0.379 e. The molecule has 0 fully saturated rings. The lowest BCUT2D eigenvalue weighted by Crippen LogP contribution is -2.07. The fraction of sp³-hybridized carbons (Fsp3) is 0.0909. The van der Waals surface area contributed by atoms with Crippen LogP contribution in [0.1, 0.15) is 26.5 Å². The van der Waals surface area contributed by atoms with Gasteiger partial charge in [0, 0.05) is 17.7 Å². The van der Waals surface area contributed by atoms with Gasteiger partial charge in [0.2, 0.25) is 11.5 Å². The molecule has 0 spiro atoms.